The van der Waals surface area contributed by atoms with Gasteiger partial charge >= 0.3 is 0 Å². The van der Waals surface area contributed by atoms with Gasteiger partial charge in [0, 0.05) is 17.6 Å². The maximum atomic E-state index is 13.1. The number of fused-ring (bicyclic) bond motifs is 2. The largest absolute Gasteiger partial charge is 0.388 e. The third-order valence-corrected chi connectivity index (χ3v) is 5.94. The van der Waals surface area contributed by atoms with E-state index >= 15 is 0 Å². The van der Waals surface area contributed by atoms with Gasteiger partial charge in [0.25, 0.3) is 5.91 Å². The number of primary amides is 1. The fourth-order valence-electron chi connectivity index (χ4n) is 4.03. The highest BCUT2D eigenvalue weighted by molar-refractivity contribution is 7.98. The fraction of sp³-hybridized carbons (Fsp3) is 0.333. The standard InChI is InChI=1S/C13H17N.C8H7FN2O2S/c1-14-13-11-6-2-4-9(11)8-10-5-3-7-12(10)13;9-5-2-1-3-6(14-11-4-12)7(5)8(10)13/h8,14H,2-7H2,1H3;1-4H,(H2,10,13)(H,11,12). The van der Waals surface area contributed by atoms with Gasteiger partial charge in [0.05, 0.1) is 5.56 Å². The van der Waals surface area contributed by atoms with Crippen molar-refractivity contribution in [2.45, 2.75) is 43.4 Å². The summed E-state index contributed by atoms with van der Waals surface area (Å²) in [6.07, 6.45) is 8.33. The Morgan fingerprint density at radius 3 is 2.32 bits per heavy atom. The highest BCUT2D eigenvalue weighted by atomic mass is 32.2. The Balaban J connectivity index is 0.000000161. The van der Waals surface area contributed by atoms with Crippen LogP contribution in [0.15, 0.2) is 29.2 Å². The van der Waals surface area contributed by atoms with Crippen LogP contribution in [0.4, 0.5) is 10.1 Å². The van der Waals surface area contributed by atoms with Crippen molar-refractivity contribution < 1.29 is 14.0 Å². The summed E-state index contributed by atoms with van der Waals surface area (Å²) < 4.78 is 15.3. The Bertz CT molecular complexity index is 869. The third kappa shape index (κ3) is 4.14. The molecule has 5 nitrogen and oxygen atoms in total. The van der Waals surface area contributed by atoms with Crippen LogP contribution in [0.1, 0.15) is 45.5 Å². The molecule has 0 heterocycles. The zero-order valence-corrected chi connectivity index (χ0v) is 16.6. The van der Waals surface area contributed by atoms with Gasteiger partial charge < -0.3 is 11.1 Å². The Kier molecular flexibility index (Phi) is 6.57. The molecule has 2 aliphatic rings. The van der Waals surface area contributed by atoms with E-state index in [1.807, 2.05) is 0 Å². The van der Waals surface area contributed by atoms with E-state index in [0.717, 1.165) is 18.0 Å². The zero-order valence-electron chi connectivity index (χ0n) is 15.8. The van der Waals surface area contributed by atoms with Crippen LogP contribution in [0.25, 0.3) is 0 Å². The molecule has 2 aliphatic carbocycles. The number of nitrogens with two attached hydrogens (primary N) is 1. The molecule has 2 amide bonds. The van der Waals surface area contributed by atoms with Gasteiger partial charge in [-0.2, -0.15) is 0 Å². The molecule has 4 rings (SSSR count). The average Bonchev–Trinajstić information content (AvgIpc) is 3.33. The van der Waals surface area contributed by atoms with Crippen LogP contribution in [-0.2, 0) is 30.5 Å². The van der Waals surface area contributed by atoms with Gasteiger partial charge in [-0.3, -0.25) is 14.3 Å². The second-order valence-electron chi connectivity index (χ2n) is 6.80. The lowest BCUT2D eigenvalue weighted by Crippen LogP contribution is -2.15. The Hall–Kier alpha value is -2.54. The lowest BCUT2D eigenvalue weighted by atomic mass is 9.99. The van der Waals surface area contributed by atoms with E-state index in [0.29, 0.717) is 6.41 Å². The fourth-order valence-corrected chi connectivity index (χ4v) is 4.66. The number of carbonyl (C=O) groups excluding carboxylic acids is 2. The molecule has 0 atom stereocenters. The zero-order chi connectivity index (χ0) is 20.1. The molecule has 0 saturated heterocycles. The summed E-state index contributed by atoms with van der Waals surface area (Å²) >= 11 is 0.831. The first-order valence-electron chi connectivity index (χ1n) is 9.35. The second kappa shape index (κ2) is 9.10. The number of aryl methyl sites for hydroxylation is 2. The predicted octanol–water partition coefficient (Wildman–Crippen LogP) is 3.38. The summed E-state index contributed by atoms with van der Waals surface area (Å²) in [5.41, 5.74) is 12.7. The van der Waals surface area contributed by atoms with Gasteiger partial charge in [-0.25, -0.2) is 4.39 Å². The van der Waals surface area contributed by atoms with Crippen molar-refractivity contribution >= 4 is 30.0 Å². The normalized spacial score (nSPS) is 13.8. The number of hydrogen-bond donors (Lipinski definition) is 3. The number of benzene rings is 2. The number of amides is 2. The number of halogens is 1. The summed E-state index contributed by atoms with van der Waals surface area (Å²) in [5.74, 6) is -1.56. The molecule has 7 heteroatoms. The van der Waals surface area contributed by atoms with Gasteiger partial charge in [0.1, 0.15) is 5.82 Å². The minimum Gasteiger partial charge on any atom is -0.388 e. The van der Waals surface area contributed by atoms with Gasteiger partial charge in [-0.15, -0.1) is 0 Å². The van der Waals surface area contributed by atoms with Crippen molar-refractivity contribution in [2.24, 2.45) is 5.73 Å². The lowest BCUT2D eigenvalue weighted by Gasteiger charge is -2.14. The predicted molar refractivity (Wildman–Crippen MR) is 110 cm³/mol. The smallest absolute Gasteiger partial charge is 0.252 e. The van der Waals surface area contributed by atoms with Crippen molar-refractivity contribution in [3.05, 3.63) is 57.9 Å². The van der Waals surface area contributed by atoms with Gasteiger partial charge in [0.15, 0.2) is 0 Å². The van der Waals surface area contributed by atoms with Crippen LogP contribution in [0.2, 0.25) is 0 Å². The maximum absolute atomic E-state index is 13.1. The molecule has 148 valence electrons. The summed E-state index contributed by atoms with van der Waals surface area (Å²) in [4.78, 5) is 21.1. The summed E-state index contributed by atoms with van der Waals surface area (Å²) in [6, 6.07) is 6.53. The van der Waals surface area contributed by atoms with Gasteiger partial charge in [-0.1, -0.05) is 12.1 Å². The lowest BCUT2D eigenvalue weighted by molar-refractivity contribution is -0.107. The Morgan fingerprint density at radius 2 is 1.79 bits per heavy atom. The average molecular weight is 402 g/mol. The Morgan fingerprint density at radius 1 is 1.14 bits per heavy atom. The molecule has 0 aliphatic heterocycles. The summed E-state index contributed by atoms with van der Waals surface area (Å²) in [5, 5.41) is 3.43. The molecule has 0 radical (unpaired) electrons. The number of rotatable bonds is 5. The van der Waals surface area contributed by atoms with Crippen LogP contribution < -0.4 is 15.8 Å². The third-order valence-electron chi connectivity index (χ3n) is 5.16. The van der Waals surface area contributed by atoms with E-state index in [2.05, 4.69) is 23.2 Å². The molecule has 28 heavy (non-hydrogen) atoms. The molecule has 0 aromatic heterocycles. The van der Waals surface area contributed by atoms with Crippen LogP contribution in [-0.4, -0.2) is 19.4 Å². The second-order valence-corrected chi connectivity index (χ2v) is 7.68. The highest BCUT2D eigenvalue weighted by Crippen LogP contribution is 2.38. The number of hydrogen-bond acceptors (Lipinski definition) is 4. The summed E-state index contributed by atoms with van der Waals surface area (Å²) in [7, 11) is 2.08. The molecule has 2 aromatic rings. The molecule has 0 bridgehead atoms. The number of nitrogens with one attached hydrogen (secondary N) is 2. The quantitative estimate of drug-likeness (QED) is 0.530. The topological polar surface area (TPSA) is 84.2 Å². The SMILES string of the molecule is CNc1c2c(cc3c1CCC3)CCC2.NC(=O)c1c(F)cccc1SNC=O. The number of anilines is 1. The van der Waals surface area contributed by atoms with Crippen LogP contribution in [0.3, 0.4) is 0 Å². The van der Waals surface area contributed by atoms with Crippen molar-refractivity contribution in [2.75, 3.05) is 12.4 Å². The van der Waals surface area contributed by atoms with Crippen molar-refractivity contribution in [3.8, 4) is 0 Å². The van der Waals surface area contributed by atoms with Crippen molar-refractivity contribution in [1.29, 1.82) is 0 Å². The molecule has 0 spiro atoms. The Labute approximate surface area is 168 Å². The minimum atomic E-state index is -0.863. The molecule has 0 saturated carbocycles. The van der Waals surface area contributed by atoms with E-state index < -0.39 is 11.7 Å². The first-order valence-corrected chi connectivity index (χ1v) is 10.2. The molecule has 0 unspecified atom stereocenters. The van der Waals surface area contributed by atoms with Crippen LogP contribution in [0.5, 0.6) is 0 Å². The number of carbonyl (C=O) groups is 2. The van der Waals surface area contributed by atoms with Crippen molar-refractivity contribution in [3.63, 3.8) is 0 Å². The van der Waals surface area contributed by atoms with Crippen molar-refractivity contribution in [1.82, 2.24) is 4.72 Å². The van der Waals surface area contributed by atoms with Crippen LogP contribution >= 0.6 is 11.9 Å². The molecule has 4 N–H and O–H groups in total. The summed E-state index contributed by atoms with van der Waals surface area (Å²) in [6.45, 7) is 0. The minimum absolute atomic E-state index is 0.216. The molecular formula is C21H24FN3O2S. The monoisotopic (exact) mass is 401 g/mol. The van der Waals surface area contributed by atoms with Gasteiger partial charge in [-0.05, 0) is 84.9 Å². The first kappa shape index (κ1) is 20.2. The van der Waals surface area contributed by atoms with E-state index in [9.17, 15) is 14.0 Å². The molecule has 0 fully saturated rings. The van der Waals surface area contributed by atoms with Crippen LogP contribution in [0, 0.1) is 5.82 Å². The molecular weight excluding hydrogens is 377 g/mol. The maximum Gasteiger partial charge on any atom is 0.252 e. The van der Waals surface area contributed by atoms with E-state index in [4.69, 9.17) is 5.73 Å². The van der Waals surface area contributed by atoms with E-state index in [1.165, 1.54) is 56.3 Å². The highest BCUT2D eigenvalue weighted by Gasteiger charge is 2.22. The molecule has 2 aromatic carbocycles. The van der Waals surface area contributed by atoms with E-state index in [1.54, 1.807) is 22.3 Å². The van der Waals surface area contributed by atoms with Gasteiger partial charge in [0.2, 0.25) is 6.41 Å². The van der Waals surface area contributed by atoms with E-state index in [-0.39, 0.29) is 10.5 Å². The first-order chi connectivity index (χ1) is 13.6.